The number of benzene rings is 2. The molecule has 4 aromatic rings. The number of hydrogen-bond acceptors (Lipinski definition) is 8. The second-order valence-electron chi connectivity index (χ2n) is 11.5. The lowest BCUT2D eigenvalue weighted by Gasteiger charge is -2.26. The molecule has 0 saturated carbocycles. The number of aromatic nitrogens is 4. The molecule has 0 unspecified atom stereocenters. The minimum Gasteiger partial charge on any atom is -0.378 e. The Morgan fingerprint density at radius 1 is 1.00 bits per heavy atom. The number of nitrogen functional groups attached to an aromatic ring is 1. The maximum Gasteiger partial charge on any atom is 0.261 e. The van der Waals surface area contributed by atoms with Crippen LogP contribution < -0.4 is 16.6 Å². The molecule has 1 aliphatic rings. The Kier molecular flexibility index (Phi) is 8.36. The summed E-state index contributed by atoms with van der Waals surface area (Å²) in [6, 6.07) is 16.0. The van der Waals surface area contributed by atoms with Gasteiger partial charge in [-0.1, -0.05) is 45.0 Å². The first kappa shape index (κ1) is 29.6. The molecule has 2 amide bonds. The van der Waals surface area contributed by atoms with Crippen LogP contribution in [0.5, 0.6) is 0 Å². The smallest absolute Gasteiger partial charge is 0.261 e. The van der Waals surface area contributed by atoms with Gasteiger partial charge in [-0.2, -0.15) is 9.97 Å². The number of nitrogens with one attached hydrogen (secondary N) is 2. The van der Waals surface area contributed by atoms with Crippen molar-refractivity contribution in [2.75, 3.05) is 37.4 Å². The fourth-order valence-corrected chi connectivity index (χ4v) is 4.83. The zero-order valence-electron chi connectivity index (χ0n) is 24.7. The van der Waals surface area contributed by atoms with Gasteiger partial charge in [0.1, 0.15) is 11.4 Å². The highest BCUT2D eigenvalue weighted by atomic mass is 16.5. The first-order valence-corrected chi connectivity index (χ1v) is 14.1. The summed E-state index contributed by atoms with van der Waals surface area (Å²) in [4.78, 5) is 56.4. The number of aromatic amines is 1. The Bertz CT molecular complexity index is 1720. The number of ether oxygens (including phenoxy) is 1. The van der Waals surface area contributed by atoms with Gasteiger partial charge in [-0.25, -0.2) is 4.98 Å². The van der Waals surface area contributed by atoms with Crippen molar-refractivity contribution in [3.05, 3.63) is 98.7 Å². The van der Waals surface area contributed by atoms with Gasteiger partial charge in [0.15, 0.2) is 5.82 Å². The summed E-state index contributed by atoms with van der Waals surface area (Å²) in [6.45, 7) is 10.1. The first-order valence-electron chi connectivity index (χ1n) is 14.1. The molecule has 2 aromatic heterocycles. The second kappa shape index (κ2) is 12.1. The minimum atomic E-state index is -0.520. The van der Waals surface area contributed by atoms with Crippen molar-refractivity contribution < 1.29 is 14.3 Å². The maximum atomic E-state index is 13.0. The van der Waals surface area contributed by atoms with Crippen LogP contribution in [0.25, 0.3) is 11.4 Å². The van der Waals surface area contributed by atoms with E-state index in [1.807, 2.05) is 45.9 Å². The van der Waals surface area contributed by atoms with Gasteiger partial charge in [-0.3, -0.25) is 14.4 Å². The lowest BCUT2D eigenvalue weighted by Crippen LogP contribution is -2.40. The molecule has 0 bridgehead atoms. The Morgan fingerprint density at radius 2 is 1.72 bits per heavy atom. The van der Waals surface area contributed by atoms with Crippen LogP contribution in [0, 0.1) is 6.92 Å². The van der Waals surface area contributed by atoms with E-state index in [0.29, 0.717) is 66.8 Å². The molecular weight excluding hydrogens is 546 g/mol. The Hall–Kier alpha value is -4.90. The molecule has 11 nitrogen and oxygen atoms in total. The fraction of sp³-hybridized carbons (Fsp3) is 0.312. The van der Waals surface area contributed by atoms with Gasteiger partial charge in [0.2, 0.25) is 5.95 Å². The van der Waals surface area contributed by atoms with Crippen molar-refractivity contribution >= 4 is 23.5 Å². The van der Waals surface area contributed by atoms with E-state index < -0.39 is 11.5 Å². The monoisotopic (exact) mass is 581 g/mol. The van der Waals surface area contributed by atoms with Crippen LogP contribution in [0.1, 0.15) is 64.1 Å². The number of pyridine rings is 1. The van der Waals surface area contributed by atoms with Gasteiger partial charge in [-0.05, 0) is 48.4 Å². The van der Waals surface area contributed by atoms with E-state index in [1.165, 1.54) is 6.07 Å². The van der Waals surface area contributed by atoms with Crippen LogP contribution in [-0.4, -0.2) is 63.0 Å². The topological polar surface area (TPSA) is 156 Å². The molecule has 1 aliphatic heterocycles. The van der Waals surface area contributed by atoms with Crippen LogP contribution in [0.3, 0.4) is 0 Å². The lowest BCUT2D eigenvalue weighted by atomic mass is 9.91. The zero-order chi connectivity index (χ0) is 30.7. The number of amides is 2. The van der Waals surface area contributed by atoms with Crippen molar-refractivity contribution in [1.82, 2.24) is 24.8 Å². The largest absolute Gasteiger partial charge is 0.378 e. The van der Waals surface area contributed by atoms with E-state index in [2.05, 4.69) is 25.3 Å². The Balaban J connectivity index is 1.34. The number of carbonyl (C=O) groups excluding carboxylic acids is 2. The average molecular weight is 582 g/mol. The van der Waals surface area contributed by atoms with Gasteiger partial charge in [-0.15, -0.1) is 0 Å². The molecule has 222 valence electrons. The number of rotatable bonds is 6. The SMILES string of the molecule is Cc1c(NC(=O)c2ccc(C(C)(C)C)[nH]c2=O)cccc1-c1nc(N)nc(Cc2ccc(C(=O)N3CCOCC3)cc2)n1. The molecule has 11 heteroatoms. The number of carbonyl (C=O) groups is 2. The molecule has 0 radical (unpaired) electrons. The number of nitrogens with two attached hydrogens (primary N) is 1. The molecule has 0 aliphatic carbocycles. The molecule has 1 fully saturated rings. The van der Waals surface area contributed by atoms with Gasteiger partial charge in [0.25, 0.3) is 17.4 Å². The minimum absolute atomic E-state index is 0.0159. The van der Waals surface area contributed by atoms with Crippen LogP contribution in [0.4, 0.5) is 11.6 Å². The third-order valence-electron chi connectivity index (χ3n) is 7.35. The van der Waals surface area contributed by atoms with Crippen LogP contribution >= 0.6 is 0 Å². The van der Waals surface area contributed by atoms with E-state index in [4.69, 9.17) is 10.5 Å². The van der Waals surface area contributed by atoms with E-state index in [1.54, 1.807) is 35.2 Å². The molecule has 0 spiro atoms. The number of anilines is 2. The molecule has 4 N–H and O–H groups in total. The molecule has 3 heterocycles. The first-order chi connectivity index (χ1) is 20.5. The summed E-state index contributed by atoms with van der Waals surface area (Å²) in [7, 11) is 0. The normalized spacial score (nSPS) is 13.5. The number of nitrogens with zero attached hydrogens (tertiary/aromatic N) is 4. The predicted octanol–water partition coefficient (Wildman–Crippen LogP) is 3.73. The van der Waals surface area contributed by atoms with Crippen molar-refractivity contribution in [1.29, 1.82) is 0 Å². The number of morpholine rings is 1. The van der Waals surface area contributed by atoms with E-state index in [9.17, 15) is 14.4 Å². The summed E-state index contributed by atoms with van der Waals surface area (Å²) in [5.41, 5.74) is 9.54. The summed E-state index contributed by atoms with van der Waals surface area (Å²) < 4.78 is 5.33. The van der Waals surface area contributed by atoms with Crippen molar-refractivity contribution in [2.45, 2.75) is 39.5 Å². The second-order valence-corrected chi connectivity index (χ2v) is 11.5. The average Bonchev–Trinajstić information content (AvgIpc) is 2.98. The van der Waals surface area contributed by atoms with Crippen molar-refractivity contribution in [3.8, 4) is 11.4 Å². The zero-order valence-corrected chi connectivity index (χ0v) is 24.7. The van der Waals surface area contributed by atoms with Crippen LogP contribution in [-0.2, 0) is 16.6 Å². The van der Waals surface area contributed by atoms with Gasteiger partial charge >= 0.3 is 0 Å². The highest BCUT2D eigenvalue weighted by Crippen LogP contribution is 2.27. The lowest BCUT2D eigenvalue weighted by molar-refractivity contribution is 0.0303. The summed E-state index contributed by atoms with van der Waals surface area (Å²) in [5, 5.41) is 2.84. The molecule has 43 heavy (non-hydrogen) atoms. The fourth-order valence-electron chi connectivity index (χ4n) is 4.83. The number of H-pyrrole nitrogens is 1. The van der Waals surface area contributed by atoms with Crippen LogP contribution in [0.2, 0.25) is 0 Å². The van der Waals surface area contributed by atoms with Crippen molar-refractivity contribution in [3.63, 3.8) is 0 Å². The van der Waals surface area contributed by atoms with Gasteiger partial charge in [0, 0.05) is 47.4 Å². The van der Waals surface area contributed by atoms with Crippen molar-refractivity contribution in [2.24, 2.45) is 0 Å². The maximum absolute atomic E-state index is 13.0. The third kappa shape index (κ3) is 6.78. The third-order valence-corrected chi connectivity index (χ3v) is 7.35. The van der Waals surface area contributed by atoms with Gasteiger partial charge < -0.3 is 25.7 Å². The Labute approximate surface area is 249 Å². The molecule has 5 rings (SSSR count). The van der Waals surface area contributed by atoms with Crippen LogP contribution in [0.15, 0.2) is 59.4 Å². The quantitative estimate of drug-likeness (QED) is 0.311. The molecular formula is C32H35N7O4. The summed E-state index contributed by atoms with van der Waals surface area (Å²) >= 11 is 0. The predicted molar refractivity (Wildman–Crippen MR) is 164 cm³/mol. The van der Waals surface area contributed by atoms with E-state index >= 15 is 0 Å². The molecule has 2 aromatic carbocycles. The standard InChI is InChI=1S/C32H35N7O4/c1-19-22(6-5-7-24(19)34-28(40)23-12-13-25(32(2,3)4)35-29(23)41)27-36-26(37-31(33)38-27)18-20-8-10-21(11-9-20)30(42)39-14-16-43-17-15-39/h5-13H,14-18H2,1-4H3,(H,34,40)(H,35,41)(H2,33,36,37,38). The van der Waals surface area contributed by atoms with E-state index in [0.717, 1.165) is 11.3 Å². The summed E-state index contributed by atoms with van der Waals surface area (Å²) in [5.74, 6) is 0.360. The molecule has 1 saturated heterocycles. The van der Waals surface area contributed by atoms with E-state index in [-0.39, 0.29) is 22.8 Å². The highest BCUT2D eigenvalue weighted by Gasteiger charge is 2.20. The Morgan fingerprint density at radius 3 is 2.40 bits per heavy atom. The van der Waals surface area contributed by atoms with Gasteiger partial charge in [0.05, 0.1) is 13.2 Å². The molecule has 0 atom stereocenters. The number of hydrogen-bond donors (Lipinski definition) is 3. The summed E-state index contributed by atoms with van der Waals surface area (Å²) in [6.07, 6.45) is 0.383. The highest BCUT2D eigenvalue weighted by molar-refractivity contribution is 6.04.